The molecule has 0 spiro atoms. The summed E-state index contributed by atoms with van der Waals surface area (Å²) < 4.78 is 21.9. The minimum absolute atomic E-state index is 0.721. The van der Waals surface area contributed by atoms with E-state index in [1.54, 1.807) is 37.6 Å². The van der Waals surface area contributed by atoms with E-state index in [0.717, 1.165) is 16.4 Å². The lowest BCUT2D eigenvalue weighted by molar-refractivity contribution is 0.414. The van der Waals surface area contributed by atoms with Gasteiger partial charge in [0.2, 0.25) is 0 Å². The highest BCUT2D eigenvalue weighted by molar-refractivity contribution is 8.06. The van der Waals surface area contributed by atoms with E-state index in [1.807, 2.05) is 30.3 Å². The second-order valence-electron chi connectivity index (χ2n) is 4.31. The number of benzene rings is 2. The van der Waals surface area contributed by atoms with Crippen molar-refractivity contribution in [2.75, 3.05) is 13.4 Å². The lowest BCUT2D eigenvalue weighted by atomic mass is 10.2. The number of nitrogens with zero attached hydrogens (tertiary/aromatic N) is 1. The van der Waals surface area contributed by atoms with Gasteiger partial charge in [-0.1, -0.05) is 30.3 Å². The Morgan fingerprint density at radius 2 is 1.75 bits per heavy atom. The maximum Gasteiger partial charge on any atom is 0.118 e. The summed E-state index contributed by atoms with van der Waals surface area (Å²) in [7, 11) is -0.764. The maximum absolute atomic E-state index is 12.5. The van der Waals surface area contributed by atoms with E-state index in [0.29, 0.717) is 0 Å². The summed E-state index contributed by atoms with van der Waals surface area (Å²) in [4.78, 5) is 0.721. The van der Waals surface area contributed by atoms with Crippen LogP contribution in [0, 0.1) is 0 Å². The van der Waals surface area contributed by atoms with Gasteiger partial charge in [-0.15, -0.1) is 0 Å². The molecule has 0 radical (unpaired) electrons. The van der Waals surface area contributed by atoms with Gasteiger partial charge < -0.3 is 4.74 Å². The first kappa shape index (κ1) is 14.9. The Kier molecular flexibility index (Phi) is 5.09. The highest BCUT2D eigenvalue weighted by atomic mass is 32.2. The monoisotopic (exact) mass is 307 g/mol. The molecule has 3 nitrogen and oxygen atoms in total. The number of hydrogen-bond donors (Lipinski definition) is 0. The number of ether oxygens (including phenoxy) is 1. The van der Waals surface area contributed by atoms with Gasteiger partial charge in [-0.25, -0.2) is 4.21 Å². The van der Waals surface area contributed by atoms with E-state index in [2.05, 4.69) is 3.77 Å². The second-order valence-corrected chi connectivity index (χ2v) is 7.53. The fourth-order valence-electron chi connectivity index (χ4n) is 1.65. The van der Waals surface area contributed by atoms with Crippen molar-refractivity contribution >= 4 is 21.7 Å². The predicted molar refractivity (Wildman–Crippen MR) is 85.5 cm³/mol. The van der Waals surface area contributed by atoms with E-state index in [1.165, 1.54) is 17.5 Å². The van der Waals surface area contributed by atoms with Gasteiger partial charge in [-0.3, -0.25) is 0 Å². The van der Waals surface area contributed by atoms with Crippen LogP contribution in [0.15, 0.2) is 63.3 Å². The molecule has 106 valence electrons. The normalized spacial score (nSPS) is 13.5. The molecule has 20 heavy (non-hydrogen) atoms. The fourth-order valence-corrected chi connectivity index (χ4v) is 3.99. The first-order valence-corrected chi connectivity index (χ1v) is 9.00. The lowest BCUT2D eigenvalue weighted by Crippen LogP contribution is -1.96. The Morgan fingerprint density at radius 1 is 1.10 bits per heavy atom. The summed E-state index contributed by atoms with van der Waals surface area (Å²) in [5, 5.41) is 0. The average molecular weight is 307 g/mol. The van der Waals surface area contributed by atoms with Crippen LogP contribution in [-0.2, 0) is 15.5 Å². The van der Waals surface area contributed by atoms with Crippen molar-refractivity contribution in [3.63, 3.8) is 0 Å². The van der Waals surface area contributed by atoms with E-state index in [-0.39, 0.29) is 0 Å². The van der Waals surface area contributed by atoms with Crippen LogP contribution in [0.3, 0.4) is 0 Å². The van der Waals surface area contributed by atoms with Crippen molar-refractivity contribution < 1.29 is 8.95 Å². The van der Waals surface area contributed by atoms with E-state index in [4.69, 9.17) is 4.74 Å². The van der Waals surface area contributed by atoms with Crippen LogP contribution < -0.4 is 4.74 Å². The van der Waals surface area contributed by atoms with Crippen molar-refractivity contribution in [1.29, 1.82) is 0 Å². The summed E-state index contributed by atoms with van der Waals surface area (Å²) in [6, 6.07) is 17.2. The van der Waals surface area contributed by atoms with Crippen molar-refractivity contribution in [1.82, 2.24) is 0 Å². The molecule has 1 unspecified atom stereocenters. The highest BCUT2D eigenvalue weighted by Crippen LogP contribution is 2.21. The van der Waals surface area contributed by atoms with Crippen molar-refractivity contribution in [3.8, 4) is 5.75 Å². The molecule has 0 aliphatic carbocycles. The van der Waals surface area contributed by atoms with Crippen LogP contribution in [-0.4, -0.2) is 17.6 Å². The zero-order valence-corrected chi connectivity index (χ0v) is 13.1. The first-order chi connectivity index (χ1) is 9.62. The minimum Gasteiger partial charge on any atom is -0.497 e. The molecule has 0 N–H and O–H groups in total. The van der Waals surface area contributed by atoms with Crippen molar-refractivity contribution in [2.45, 2.75) is 10.6 Å². The van der Waals surface area contributed by atoms with Crippen LogP contribution in [0.1, 0.15) is 5.56 Å². The number of rotatable bonds is 5. The third kappa shape index (κ3) is 4.02. The molecule has 0 saturated heterocycles. The number of hydrogen-bond acceptors (Lipinski definition) is 4. The quantitative estimate of drug-likeness (QED) is 0.784. The van der Waals surface area contributed by atoms with Crippen LogP contribution in [0.4, 0.5) is 0 Å². The molecule has 0 heterocycles. The summed E-state index contributed by atoms with van der Waals surface area (Å²) in [5.74, 6) is 1.47. The van der Waals surface area contributed by atoms with Gasteiger partial charge >= 0.3 is 0 Å². The van der Waals surface area contributed by atoms with Crippen LogP contribution in [0.25, 0.3) is 0 Å². The summed E-state index contributed by atoms with van der Waals surface area (Å²) in [5.41, 5.74) is 1.17. The third-order valence-corrected chi connectivity index (χ3v) is 5.93. The molecule has 2 rings (SSSR count). The van der Waals surface area contributed by atoms with Gasteiger partial charge in [-0.05, 0) is 41.8 Å². The largest absolute Gasteiger partial charge is 0.497 e. The van der Waals surface area contributed by atoms with Crippen molar-refractivity contribution in [3.05, 3.63) is 60.2 Å². The predicted octanol–water partition coefficient (Wildman–Crippen LogP) is 4.00. The summed E-state index contributed by atoms with van der Waals surface area (Å²) >= 11 is 1.34. The molecule has 0 saturated carbocycles. The van der Waals surface area contributed by atoms with Crippen molar-refractivity contribution in [2.24, 2.45) is 3.77 Å². The lowest BCUT2D eigenvalue weighted by Gasteiger charge is -2.05. The molecular weight excluding hydrogens is 290 g/mol. The molecule has 2 aromatic rings. The zero-order chi connectivity index (χ0) is 14.4. The fraction of sp³-hybridized carbons (Fsp3) is 0.200. The molecule has 0 aromatic heterocycles. The number of methoxy groups -OCH3 is 1. The van der Waals surface area contributed by atoms with Gasteiger partial charge in [0.05, 0.1) is 16.8 Å². The Labute approximate surface area is 124 Å². The average Bonchev–Trinajstić information content (AvgIpc) is 2.48. The zero-order valence-electron chi connectivity index (χ0n) is 11.5. The Morgan fingerprint density at radius 3 is 2.35 bits per heavy atom. The topological polar surface area (TPSA) is 38.7 Å². The standard InChI is InChI=1S/C15H17NO2S2/c1-18-14-8-10-15(11-9-14)20(2,17)16-19-12-13-6-4-3-5-7-13/h3-11H,12H2,1-2H3. The SMILES string of the molecule is COc1ccc(S(C)(=O)=NSCc2ccccc2)cc1. The minimum atomic E-state index is -2.37. The molecule has 0 aliphatic rings. The molecule has 0 amide bonds. The molecule has 0 bridgehead atoms. The summed E-state index contributed by atoms with van der Waals surface area (Å²) in [6.45, 7) is 0. The van der Waals surface area contributed by atoms with Crippen LogP contribution in [0.5, 0.6) is 5.75 Å². The Hall–Kier alpha value is -1.46. The molecule has 0 fully saturated rings. The first-order valence-electron chi connectivity index (χ1n) is 6.13. The summed E-state index contributed by atoms with van der Waals surface area (Å²) in [6.07, 6.45) is 1.66. The molecular formula is C15H17NO2S2. The third-order valence-electron chi connectivity index (χ3n) is 2.77. The van der Waals surface area contributed by atoms with Gasteiger partial charge in [0.25, 0.3) is 0 Å². The highest BCUT2D eigenvalue weighted by Gasteiger charge is 2.06. The van der Waals surface area contributed by atoms with Gasteiger partial charge in [0.1, 0.15) is 5.75 Å². The second kappa shape index (κ2) is 6.81. The van der Waals surface area contributed by atoms with E-state index >= 15 is 0 Å². The molecule has 0 aliphatic heterocycles. The maximum atomic E-state index is 12.5. The Bertz CT molecular complexity index is 660. The van der Waals surface area contributed by atoms with Gasteiger partial charge in [-0.2, -0.15) is 3.77 Å². The van der Waals surface area contributed by atoms with Crippen LogP contribution >= 0.6 is 11.9 Å². The van der Waals surface area contributed by atoms with E-state index < -0.39 is 9.73 Å². The van der Waals surface area contributed by atoms with Crippen LogP contribution in [0.2, 0.25) is 0 Å². The van der Waals surface area contributed by atoms with Gasteiger partial charge in [0, 0.05) is 16.9 Å². The van der Waals surface area contributed by atoms with E-state index in [9.17, 15) is 4.21 Å². The molecule has 5 heteroatoms. The Balaban J connectivity index is 2.08. The van der Waals surface area contributed by atoms with Gasteiger partial charge in [0.15, 0.2) is 0 Å². The smallest absolute Gasteiger partial charge is 0.118 e. The molecule has 2 aromatic carbocycles. The molecule has 1 atom stereocenters.